The fourth-order valence-corrected chi connectivity index (χ4v) is 1.45. The van der Waals surface area contributed by atoms with Crippen LogP contribution in [0.4, 0.5) is 0 Å². The number of aromatic nitrogens is 2. The lowest BCUT2D eigenvalue weighted by Crippen LogP contribution is -2.17. The summed E-state index contributed by atoms with van der Waals surface area (Å²) >= 11 is 0. The molecule has 0 saturated carbocycles. The molecule has 1 atom stereocenters. The lowest BCUT2D eigenvalue weighted by Gasteiger charge is -2.09. The van der Waals surface area contributed by atoms with Crippen LogP contribution >= 0.6 is 0 Å². The third-order valence-electron chi connectivity index (χ3n) is 2.30. The quantitative estimate of drug-likeness (QED) is 0.723. The Bertz CT molecular complexity index is 374. The van der Waals surface area contributed by atoms with Gasteiger partial charge in [-0.3, -0.25) is 0 Å². The average Bonchev–Trinajstić information content (AvgIpc) is 2.83. The van der Waals surface area contributed by atoms with Crippen LogP contribution in [0.1, 0.15) is 23.7 Å². The van der Waals surface area contributed by atoms with Gasteiger partial charge in [0.15, 0.2) is 0 Å². The van der Waals surface area contributed by atoms with Crippen LogP contribution in [0.5, 0.6) is 6.01 Å². The van der Waals surface area contributed by atoms with Gasteiger partial charge in [0.25, 0.3) is 0 Å². The van der Waals surface area contributed by atoms with Gasteiger partial charge in [0.2, 0.25) is 0 Å². The summed E-state index contributed by atoms with van der Waals surface area (Å²) in [4.78, 5) is 19.2. The van der Waals surface area contributed by atoms with Gasteiger partial charge >= 0.3 is 12.0 Å². The standard InChI is InChI=1S/C11H14N2O4/c1-2-16-10(14)8-5-12-11(13-6-8)17-9-3-4-15-7-9/h5-6,9H,2-4,7H2,1H3/t9-/m0/s1. The van der Waals surface area contributed by atoms with E-state index in [2.05, 4.69) is 9.97 Å². The minimum Gasteiger partial charge on any atom is -0.462 e. The molecule has 1 fully saturated rings. The second kappa shape index (κ2) is 5.58. The Balaban J connectivity index is 1.94. The molecule has 1 aromatic rings. The van der Waals surface area contributed by atoms with Crippen LogP contribution in [0, 0.1) is 0 Å². The van der Waals surface area contributed by atoms with Gasteiger partial charge in [-0.1, -0.05) is 0 Å². The molecule has 1 aromatic heterocycles. The summed E-state index contributed by atoms with van der Waals surface area (Å²) in [6.07, 6.45) is 3.64. The van der Waals surface area contributed by atoms with Gasteiger partial charge in [0.1, 0.15) is 6.10 Å². The van der Waals surface area contributed by atoms with E-state index in [1.807, 2.05) is 0 Å². The number of carbonyl (C=O) groups excluding carboxylic acids is 1. The molecule has 0 aromatic carbocycles. The molecule has 92 valence electrons. The highest BCUT2D eigenvalue weighted by molar-refractivity contribution is 5.88. The van der Waals surface area contributed by atoms with Gasteiger partial charge in [-0.15, -0.1) is 0 Å². The Morgan fingerprint density at radius 3 is 2.88 bits per heavy atom. The maximum absolute atomic E-state index is 11.3. The summed E-state index contributed by atoms with van der Waals surface area (Å²) in [6, 6.07) is 0.258. The molecule has 2 heterocycles. The van der Waals surface area contributed by atoms with Crippen molar-refractivity contribution in [2.75, 3.05) is 19.8 Å². The summed E-state index contributed by atoms with van der Waals surface area (Å²) in [5, 5.41) is 0. The highest BCUT2D eigenvalue weighted by Crippen LogP contribution is 2.12. The first-order valence-corrected chi connectivity index (χ1v) is 5.53. The van der Waals surface area contributed by atoms with E-state index < -0.39 is 5.97 Å². The normalized spacial score (nSPS) is 19.0. The molecule has 1 aliphatic heterocycles. The summed E-state index contributed by atoms with van der Waals surface area (Å²) in [6.45, 7) is 3.33. The highest BCUT2D eigenvalue weighted by Gasteiger charge is 2.18. The minimum absolute atomic E-state index is 0.00319. The van der Waals surface area contributed by atoms with E-state index in [1.165, 1.54) is 12.4 Å². The van der Waals surface area contributed by atoms with Crippen LogP contribution in [-0.2, 0) is 9.47 Å². The largest absolute Gasteiger partial charge is 0.462 e. The van der Waals surface area contributed by atoms with Crippen molar-refractivity contribution in [2.45, 2.75) is 19.4 Å². The van der Waals surface area contributed by atoms with E-state index >= 15 is 0 Å². The summed E-state index contributed by atoms with van der Waals surface area (Å²) in [7, 11) is 0. The van der Waals surface area contributed by atoms with Crippen molar-refractivity contribution in [2.24, 2.45) is 0 Å². The molecule has 0 amide bonds. The molecule has 0 N–H and O–H groups in total. The topological polar surface area (TPSA) is 70.5 Å². The zero-order chi connectivity index (χ0) is 12.1. The average molecular weight is 238 g/mol. The van der Waals surface area contributed by atoms with E-state index in [0.29, 0.717) is 25.4 Å². The number of ether oxygens (including phenoxy) is 3. The molecule has 0 radical (unpaired) electrons. The summed E-state index contributed by atoms with van der Waals surface area (Å²) < 4.78 is 15.5. The minimum atomic E-state index is -0.428. The molecule has 0 unspecified atom stereocenters. The van der Waals surface area contributed by atoms with E-state index in [4.69, 9.17) is 14.2 Å². The zero-order valence-corrected chi connectivity index (χ0v) is 9.59. The van der Waals surface area contributed by atoms with Crippen molar-refractivity contribution in [3.05, 3.63) is 18.0 Å². The van der Waals surface area contributed by atoms with Crippen LogP contribution in [0.3, 0.4) is 0 Å². The lowest BCUT2D eigenvalue weighted by atomic mass is 10.3. The van der Waals surface area contributed by atoms with Gasteiger partial charge < -0.3 is 14.2 Å². The Hall–Kier alpha value is -1.69. The van der Waals surface area contributed by atoms with Crippen molar-refractivity contribution in [3.8, 4) is 6.01 Å². The Kier molecular flexibility index (Phi) is 3.87. The van der Waals surface area contributed by atoms with Crippen LogP contribution in [0.2, 0.25) is 0 Å². The van der Waals surface area contributed by atoms with E-state index in [1.54, 1.807) is 6.92 Å². The van der Waals surface area contributed by atoms with Crippen molar-refractivity contribution >= 4 is 5.97 Å². The fraction of sp³-hybridized carbons (Fsp3) is 0.545. The number of carbonyl (C=O) groups is 1. The molecule has 1 saturated heterocycles. The van der Waals surface area contributed by atoms with Crippen molar-refractivity contribution in [3.63, 3.8) is 0 Å². The Morgan fingerprint density at radius 2 is 2.29 bits per heavy atom. The second-order valence-electron chi connectivity index (χ2n) is 3.58. The number of esters is 1. The van der Waals surface area contributed by atoms with Crippen molar-refractivity contribution in [1.82, 2.24) is 9.97 Å². The maximum Gasteiger partial charge on any atom is 0.341 e. The third kappa shape index (κ3) is 3.13. The smallest absolute Gasteiger partial charge is 0.341 e. The summed E-state index contributed by atoms with van der Waals surface area (Å²) in [5.41, 5.74) is 0.321. The van der Waals surface area contributed by atoms with Crippen LogP contribution in [0.25, 0.3) is 0 Å². The van der Waals surface area contributed by atoms with E-state index in [9.17, 15) is 4.79 Å². The van der Waals surface area contributed by atoms with Gasteiger partial charge in [0, 0.05) is 18.8 Å². The zero-order valence-electron chi connectivity index (χ0n) is 9.59. The third-order valence-corrected chi connectivity index (χ3v) is 2.30. The van der Waals surface area contributed by atoms with Crippen LogP contribution < -0.4 is 4.74 Å². The molecule has 6 heteroatoms. The van der Waals surface area contributed by atoms with Crippen LogP contribution in [-0.4, -0.2) is 41.9 Å². The number of rotatable bonds is 4. The lowest BCUT2D eigenvalue weighted by molar-refractivity contribution is 0.0525. The number of nitrogens with zero attached hydrogens (tertiary/aromatic N) is 2. The Morgan fingerprint density at radius 1 is 1.53 bits per heavy atom. The monoisotopic (exact) mass is 238 g/mol. The first-order valence-electron chi connectivity index (χ1n) is 5.53. The molecule has 0 aliphatic carbocycles. The predicted octanol–water partition coefficient (Wildman–Crippen LogP) is 0.821. The number of hydrogen-bond donors (Lipinski definition) is 0. The maximum atomic E-state index is 11.3. The molecule has 0 bridgehead atoms. The summed E-state index contributed by atoms with van der Waals surface area (Å²) in [5.74, 6) is -0.428. The Labute approximate surface area is 98.9 Å². The first kappa shape index (κ1) is 11.8. The van der Waals surface area contributed by atoms with Gasteiger partial charge in [-0.2, -0.15) is 0 Å². The molecule has 6 nitrogen and oxygen atoms in total. The molecular formula is C11H14N2O4. The van der Waals surface area contributed by atoms with Gasteiger partial charge in [-0.25, -0.2) is 14.8 Å². The van der Waals surface area contributed by atoms with Gasteiger partial charge in [0.05, 0.1) is 25.4 Å². The molecule has 2 rings (SSSR count). The van der Waals surface area contributed by atoms with Crippen molar-refractivity contribution < 1.29 is 19.0 Å². The predicted molar refractivity (Wildman–Crippen MR) is 57.8 cm³/mol. The van der Waals surface area contributed by atoms with E-state index in [-0.39, 0.29) is 12.1 Å². The molecule has 0 spiro atoms. The number of hydrogen-bond acceptors (Lipinski definition) is 6. The highest BCUT2D eigenvalue weighted by atomic mass is 16.6. The molecular weight excluding hydrogens is 224 g/mol. The second-order valence-corrected chi connectivity index (χ2v) is 3.58. The molecule has 1 aliphatic rings. The fourth-order valence-electron chi connectivity index (χ4n) is 1.45. The first-order chi connectivity index (χ1) is 8.29. The van der Waals surface area contributed by atoms with Crippen molar-refractivity contribution in [1.29, 1.82) is 0 Å². The van der Waals surface area contributed by atoms with E-state index in [0.717, 1.165) is 6.42 Å². The molecule has 17 heavy (non-hydrogen) atoms. The van der Waals surface area contributed by atoms with Crippen LogP contribution in [0.15, 0.2) is 12.4 Å². The van der Waals surface area contributed by atoms with Gasteiger partial charge in [-0.05, 0) is 6.92 Å². The SMILES string of the molecule is CCOC(=O)c1cnc(O[C@H]2CCOC2)nc1.